The molecule has 3 saturated carbocycles. The second kappa shape index (κ2) is 4.46. The fourth-order valence-corrected chi connectivity index (χ4v) is 6.04. The molecule has 0 saturated heterocycles. The van der Waals surface area contributed by atoms with Crippen LogP contribution in [0.2, 0.25) is 0 Å². The van der Waals surface area contributed by atoms with Crippen LogP contribution in [-0.2, 0) is 11.2 Å². The van der Waals surface area contributed by atoms with Gasteiger partial charge in [0.05, 0.1) is 0 Å². The number of rotatable bonds is 1. The van der Waals surface area contributed by atoms with Crippen molar-refractivity contribution in [1.29, 1.82) is 0 Å². The normalized spacial score (nSPS) is 40.0. The first-order valence-corrected chi connectivity index (χ1v) is 9.33. The van der Waals surface area contributed by atoms with Gasteiger partial charge in [-0.2, -0.15) is 0 Å². The van der Waals surface area contributed by atoms with Crippen LogP contribution >= 0.6 is 0 Å². The monoisotopic (exact) mass is 294 g/mol. The predicted molar refractivity (Wildman–Crippen MR) is 88.0 cm³/mol. The van der Waals surface area contributed by atoms with Gasteiger partial charge in [-0.05, 0) is 85.3 Å². The van der Waals surface area contributed by atoms with Crippen molar-refractivity contribution in [3.05, 3.63) is 34.9 Å². The van der Waals surface area contributed by atoms with Gasteiger partial charge >= 0.3 is 0 Å². The van der Waals surface area contributed by atoms with Crippen LogP contribution in [0, 0.1) is 17.3 Å². The smallest absolute Gasteiger partial charge is 0.139 e. The third kappa shape index (κ3) is 1.74. The molecule has 4 atom stereocenters. The van der Waals surface area contributed by atoms with Crippen LogP contribution in [0.15, 0.2) is 18.2 Å². The van der Waals surface area contributed by atoms with E-state index in [-0.39, 0.29) is 5.41 Å². The van der Waals surface area contributed by atoms with Crippen molar-refractivity contribution in [2.75, 3.05) is 0 Å². The molecule has 1 nitrogen and oxygen atoms in total. The highest BCUT2D eigenvalue weighted by Gasteiger charge is 2.54. The molecule has 5 rings (SSSR count). The minimum absolute atomic E-state index is 0.0205. The standard InChI is InChI=1S/C21H26O/c1-21-11-10-17-16-6-4-14(13-2-3-13)12-15(16)5-7-18(17)19(21)8-9-20(21)22/h4,6,12-13,17-19H,2-3,5,7-11H2,1H3/t17?,18?,19?,21-/m0/s1. The number of ketones is 1. The fraction of sp³-hybridized carbons (Fsp3) is 0.667. The molecule has 0 aromatic heterocycles. The molecule has 0 heterocycles. The fourth-order valence-electron chi connectivity index (χ4n) is 6.04. The van der Waals surface area contributed by atoms with E-state index in [1.807, 2.05) is 0 Å². The molecule has 3 fully saturated rings. The molecule has 4 aliphatic rings. The Labute approximate surface area is 133 Å². The Morgan fingerprint density at radius 1 is 1.05 bits per heavy atom. The number of hydrogen-bond acceptors (Lipinski definition) is 1. The molecule has 116 valence electrons. The van der Waals surface area contributed by atoms with Gasteiger partial charge in [-0.1, -0.05) is 25.1 Å². The summed E-state index contributed by atoms with van der Waals surface area (Å²) in [6.45, 7) is 2.27. The van der Waals surface area contributed by atoms with E-state index in [9.17, 15) is 4.79 Å². The lowest BCUT2D eigenvalue weighted by Gasteiger charge is -2.48. The summed E-state index contributed by atoms with van der Waals surface area (Å²) in [5, 5.41) is 0. The molecule has 4 aliphatic carbocycles. The summed E-state index contributed by atoms with van der Waals surface area (Å²) in [4.78, 5) is 12.4. The van der Waals surface area contributed by atoms with E-state index in [0.29, 0.717) is 11.7 Å². The van der Waals surface area contributed by atoms with Crippen molar-refractivity contribution < 1.29 is 4.79 Å². The largest absolute Gasteiger partial charge is 0.299 e. The van der Waals surface area contributed by atoms with Crippen molar-refractivity contribution in [3.63, 3.8) is 0 Å². The average Bonchev–Trinajstić information content (AvgIpc) is 3.33. The van der Waals surface area contributed by atoms with Crippen LogP contribution in [0.5, 0.6) is 0 Å². The third-order valence-electron chi connectivity index (χ3n) is 7.51. The van der Waals surface area contributed by atoms with E-state index in [0.717, 1.165) is 37.0 Å². The lowest BCUT2D eigenvalue weighted by atomic mass is 9.55. The van der Waals surface area contributed by atoms with Crippen LogP contribution in [0.1, 0.15) is 80.4 Å². The van der Waals surface area contributed by atoms with Crippen molar-refractivity contribution in [1.82, 2.24) is 0 Å². The Kier molecular flexibility index (Phi) is 2.70. The first kappa shape index (κ1) is 13.3. The van der Waals surface area contributed by atoms with Crippen LogP contribution in [-0.4, -0.2) is 5.78 Å². The minimum atomic E-state index is 0.0205. The van der Waals surface area contributed by atoms with Gasteiger partial charge in [0.15, 0.2) is 0 Å². The molecule has 0 spiro atoms. The van der Waals surface area contributed by atoms with E-state index in [1.165, 1.54) is 32.1 Å². The lowest BCUT2D eigenvalue weighted by Crippen LogP contribution is -2.42. The summed E-state index contributed by atoms with van der Waals surface area (Å²) in [7, 11) is 0. The van der Waals surface area contributed by atoms with Gasteiger partial charge in [-0.3, -0.25) is 4.79 Å². The summed E-state index contributed by atoms with van der Waals surface area (Å²) >= 11 is 0. The molecule has 1 aromatic rings. The zero-order chi connectivity index (χ0) is 14.9. The minimum Gasteiger partial charge on any atom is -0.299 e. The van der Waals surface area contributed by atoms with E-state index in [4.69, 9.17) is 0 Å². The van der Waals surface area contributed by atoms with Crippen molar-refractivity contribution >= 4 is 5.78 Å². The molecule has 0 amide bonds. The molecule has 0 N–H and O–H groups in total. The number of benzene rings is 1. The lowest BCUT2D eigenvalue weighted by molar-refractivity contribution is -0.129. The van der Waals surface area contributed by atoms with Crippen LogP contribution in [0.4, 0.5) is 0 Å². The second-order valence-corrected chi connectivity index (χ2v) is 8.57. The Balaban J connectivity index is 1.50. The first-order valence-electron chi connectivity index (χ1n) is 9.33. The van der Waals surface area contributed by atoms with Gasteiger partial charge in [-0.15, -0.1) is 0 Å². The molecule has 3 unspecified atom stereocenters. The van der Waals surface area contributed by atoms with Crippen LogP contribution in [0.25, 0.3) is 0 Å². The highest BCUT2D eigenvalue weighted by Crippen LogP contribution is 2.59. The quantitative estimate of drug-likeness (QED) is 0.713. The Morgan fingerprint density at radius 2 is 1.91 bits per heavy atom. The van der Waals surface area contributed by atoms with Gasteiger partial charge in [0.25, 0.3) is 0 Å². The highest BCUT2D eigenvalue weighted by atomic mass is 16.1. The second-order valence-electron chi connectivity index (χ2n) is 8.57. The topological polar surface area (TPSA) is 17.1 Å². The molecular formula is C21H26O. The maximum absolute atomic E-state index is 12.4. The number of fused-ring (bicyclic) bond motifs is 5. The number of carbonyl (C=O) groups is 1. The van der Waals surface area contributed by atoms with Gasteiger partial charge in [0.1, 0.15) is 5.78 Å². The molecular weight excluding hydrogens is 268 g/mol. The van der Waals surface area contributed by atoms with Crippen LogP contribution in [0.3, 0.4) is 0 Å². The van der Waals surface area contributed by atoms with Crippen molar-refractivity contribution in [2.45, 2.75) is 70.1 Å². The average molecular weight is 294 g/mol. The SMILES string of the molecule is C[C@]12CCC3c4ccc(C5CC5)cc4CCC3C1CCC2=O. The molecule has 1 aromatic carbocycles. The van der Waals surface area contributed by atoms with Crippen molar-refractivity contribution in [2.24, 2.45) is 17.3 Å². The summed E-state index contributed by atoms with van der Waals surface area (Å²) in [6.07, 6.45) is 9.72. The summed E-state index contributed by atoms with van der Waals surface area (Å²) in [6, 6.07) is 7.39. The summed E-state index contributed by atoms with van der Waals surface area (Å²) < 4.78 is 0. The predicted octanol–water partition coefficient (Wildman–Crippen LogP) is 4.99. The first-order chi connectivity index (χ1) is 10.7. The molecule has 0 radical (unpaired) electrons. The van der Waals surface area contributed by atoms with Gasteiger partial charge in [0.2, 0.25) is 0 Å². The van der Waals surface area contributed by atoms with E-state index >= 15 is 0 Å². The van der Waals surface area contributed by atoms with Gasteiger partial charge < -0.3 is 0 Å². The Hall–Kier alpha value is -1.11. The molecule has 22 heavy (non-hydrogen) atoms. The zero-order valence-electron chi connectivity index (χ0n) is 13.6. The number of aryl methyl sites for hydroxylation is 1. The van der Waals surface area contributed by atoms with E-state index in [2.05, 4.69) is 25.1 Å². The number of hydrogen-bond donors (Lipinski definition) is 0. The molecule has 1 heteroatoms. The number of Topliss-reactive ketones (excluding diaryl/α,β-unsaturated/α-hetero) is 1. The summed E-state index contributed by atoms with van der Waals surface area (Å²) in [5.41, 5.74) is 4.89. The maximum atomic E-state index is 12.4. The Morgan fingerprint density at radius 3 is 2.73 bits per heavy atom. The van der Waals surface area contributed by atoms with E-state index in [1.54, 1.807) is 16.7 Å². The van der Waals surface area contributed by atoms with Gasteiger partial charge in [0, 0.05) is 11.8 Å². The Bertz CT molecular complexity index is 641. The van der Waals surface area contributed by atoms with E-state index < -0.39 is 0 Å². The third-order valence-corrected chi connectivity index (χ3v) is 7.51. The highest BCUT2D eigenvalue weighted by molar-refractivity contribution is 5.87. The van der Waals surface area contributed by atoms with Crippen LogP contribution < -0.4 is 0 Å². The van der Waals surface area contributed by atoms with Crippen molar-refractivity contribution in [3.8, 4) is 0 Å². The van der Waals surface area contributed by atoms with Gasteiger partial charge in [-0.25, -0.2) is 0 Å². The molecule has 0 aliphatic heterocycles. The molecule has 0 bridgehead atoms. The maximum Gasteiger partial charge on any atom is 0.139 e. The summed E-state index contributed by atoms with van der Waals surface area (Å²) in [5.74, 6) is 3.59. The number of carbonyl (C=O) groups excluding carboxylic acids is 1. The zero-order valence-corrected chi connectivity index (χ0v) is 13.6.